The summed E-state index contributed by atoms with van der Waals surface area (Å²) in [6.07, 6.45) is -0.479. The van der Waals surface area contributed by atoms with E-state index in [9.17, 15) is 9.59 Å². The van der Waals surface area contributed by atoms with E-state index < -0.39 is 6.09 Å². The van der Waals surface area contributed by atoms with Crippen LogP contribution in [0.5, 0.6) is 0 Å². The summed E-state index contributed by atoms with van der Waals surface area (Å²) in [5.74, 6) is -0.173. The summed E-state index contributed by atoms with van der Waals surface area (Å²) < 4.78 is 26.0. The molecule has 0 radical (unpaired) electrons. The number of ether oxygens (including phenoxy) is 5. The van der Waals surface area contributed by atoms with Gasteiger partial charge in [0, 0.05) is 13.6 Å². The van der Waals surface area contributed by atoms with Crippen molar-refractivity contribution < 1.29 is 33.3 Å². The number of amides is 2. The molecule has 0 spiro atoms. The average Bonchev–Trinajstić information content (AvgIpc) is 2.72. The molecule has 1 aromatic carbocycles. The molecule has 0 aliphatic heterocycles. The third kappa shape index (κ3) is 13.9. The first-order valence-electron chi connectivity index (χ1n) is 9.18. The first kappa shape index (κ1) is 23.8. The third-order valence-electron chi connectivity index (χ3n) is 3.32. The van der Waals surface area contributed by atoms with Crippen LogP contribution in [0.3, 0.4) is 0 Å². The number of carbonyl (C=O) groups is 2. The van der Waals surface area contributed by atoms with E-state index in [0.29, 0.717) is 52.8 Å². The van der Waals surface area contributed by atoms with Crippen molar-refractivity contribution in [3.63, 3.8) is 0 Å². The van der Waals surface area contributed by atoms with Gasteiger partial charge in [-0.2, -0.15) is 0 Å². The predicted molar refractivity (Wildman–Crippen MR) is 102 cm³/mol. The Kier molecular flexibility index (Phi) is 14.4. The Morgan fingerprint density at radius 1 is 0.821 bits per heavy atom. The van der Waals surface area contributed by atoms with Crippen molar-refractivity contribution in [3.8, 4) is 0 Å². The first-order valence-corrected chi connectivity index (χ1v) is 9.18. The molecule has 1 aromatic rings. The van der Waals surface area contributed by atoms with Gasteiger partial charge in [-0.3, -0.25) is 4.79 Å². The van der Waals surface area contributed by atoms with E-state index in [1.165, 1.54) is 7.05 Å². The maximum absolute atomic E-state index is 11.6. The van der Waals surface area contributed by atoms with E-state index in [0.717, 1.165) is 5.56 Å². The molecule has 2 amide bonds. The second kappa shape index (κ2) is 16.9. The molecule has 0 atom stereocenters. The molecule has 0 unspecified atom stereocenters. The van der Waals surface area contributed by atoms with Crippen molar-refractivity contribution in [1.82, 2.24) is 10.6 Å². The Morgan fingerprint density at radius 2 is 1.43 bits per heavy atom. The topological polar surface area (TPSA) is 104 Å². The molecule has 0 bridgehead atoms. The largest absolute Gasteiger partial charge is 0.447 e. The molecule has 2 N–H and O–H groups in total. The van der Waals surface area contributed by atoms with Gasteiger partial charge in [0.05, 0.1) is 46.2 Å². The van der Waals surface area contributed by atoms with Gasteiger partial charge in [-0.15, -0.1) is 0 Å². The summed E-state index contributed by atoms with van der Waals surface area (Å²) in [6, 6.07) is 9.68. The van der Waals surface area contributed by atoms with Crippen molar-refractivity contribution in [2.75, 3.05) is 66.4 Å². The summed E-state index contributed by atoms with van der Waals surface area (Å²) >= 11 is 0. The molecule has 0 aliphatic carbocycles. The zero-order valence-electron chi connectivity index (χ0n) is 16.3. The average molecular weight is 398 g/mol. The SMILES string of the molecule is CNC(=O)OCCOCCOCCOCCNC(=O)COCc1ccccc1. The number of carbonyl (C=O) groups excluding carboxylic acids is 2. The lowest BCUT2D eigenvalue weighted by Crippen LogP contribution is -2.30. The molecular formula is C19H30N2O7. The quantitative estimate of drug-likeness (QED) is 0.396. The van der Waals surface area contributed by atoms with Crippen LogP contribution in [0.15, 0.2) is 30.3 Å². The van der Waals surface area contributed by atoms with Crippen LogP contribution in [-0.4, -0.2) is 78.4 Å². The summed E-state index contributed by atoms with van der Waals surface area (Å²) in [7, 11) is 1.49. The van der Waals surface area contributed by atoms with Crippen molar-refractivity contribution in [3.05, 3.63) is 35.9 Å². The van der Waals surface area contributed by atoms with Gasteiger partial charge in [-0.25, -0.2) is 4.79 Å². The standard InChI is InChI=1S/C19H30N2O7/c1-20-19(23)28-14-13-26-12-11-25-10-9-24-8-7-21-18(22)16-27-15-17-5-3-2-4-6-17/h2-6H,7-16H2,1H3,(H,20,23)(H,21,22). The Balaban J connectivity index is 1.79. The lowest BCUT2D eigenvalue weighted by Gasteiger charge is -2.08. The maximum Gasteiger partial charge on any atom is 0.406 e. The predicted octanol–water partition coefficient (Wildman–Crippen LogP) is 0.725. The van der Waals surface area contributed by atoms with Crippen LogP contribution >= 0.6 is 0 Å². The molecule has 0 heterocycles. The molecule has 0 saturated carbocycles. The number of hydrogen-bond donors (Lipinski definition) is 2. The van der Waals surface area contributed by atoms with E-state index in [-0.39, 0.29) is 19.1 Å². The van der Waals surface area contributed by atoms with Crippen molar-refractivity contribution in [2.45, 2.75) is 6.61 Å². The van der Waals surface area contributed by atoms with Crippen LogP contribution in [0.1, 0.15) is 5.56 Å². The van der Waals surface area contributed by atoms with Crippen LogP contribution < -0.4 is 10.6 Å². The van der Waals surface area contributed by atoms with Crippen molar-refractivity contribution in [1.29, 1.82) is 0 Å². The van der Waals surface area contributed by atoms with Gasteiger partial charge in [-0.05, 0) is 5.56 Å². The molecule has 9 nitrogen and oxygen atoms in total. The highest BCUT2D eigenvalue weighted by Gasteiger charge is 2.01. The van der Waals surface area contributed by atoms with E-state index in [1.807, 2.05) is 30.3 Å². The third-order valence-corrected chi connectivity index (χ3v) is 3.32. The molecule has 0 fully saturated rings. The molecule has 9 heteroatoms. The van der Waals surface area contributed by atoms with Crippen LogP contribution in [0.2, 0.25) is 0 Å². The van der Waals surface area contributed by atoms with Gasteiger partial charge < -0.3 is 34.3 Å². The number of hydrogen-bond acceptors (Lipinski definition) is 7. The van der Waals surface area contributed by atoms with Crippen LogP contribution in [0, 0.1) is 0 Å². The Labute approximate surface area is 165 Å². The summed E-state index contributed by atoms with van der Waals surface area (Å²) in [5.41, 5.74) is 1.03. The minimum atomic E-state index is -0.479. The van der Waals surface area contributed by atoms with E-state index >= 15 is 0 Å². The highest BCUT2D eigenvalue weighted by molar-refractivity contribution is 5.77. The summed E-state index contributed by atoms with van der Waals surface area (Å²) in [6.45, 7) is 3.48. The fraction of sp³-hybridized carbons (Fsp3) is 0.579. The minimum Gasteiger partial charge on any atom is -0.447 e. The van der Waals surface area contributed by atoms with Gasteiger partial charge in [0.2, 0.25) is 5.91 Å². The molecular weight excluding hydrogens is 368 g/mol. The van der Waals surface area contributed by atoms with Crippen LogP contribution in [0.4, 0.5) is 4.79 Å². The van der Waals surface area contributed by atoms with Gasteiger partial charge >= 0.3 is 6.09 Å². The Hall–Kier alpha value is -2.20. The molecule has 1 rings (SSSR count). The van der Waals surface area contributed by atoms with Gasteiger partial charge in [0.25, 0.3) is 0 Å². The molecule has 28 heavy (non-hydrogen) atoms. The Morgan fingerprint density at radius 3 is 2.07 bits per heavy atom. The van der Waals surface area contributed by atoms with Gasteiger partial charge in [0.15, 0.2) is 0 Å². The highest BCUT2D eigenvalue weighted by atomic mass is 16.6. The second-order valence-corrected chi connectivity index (χ2v) is 5.55. The van der Waals surface area contributed by atoms with Gasteiger partial charge in [-0.1, -0.05) is 30.3 Å². The minimum absolute atomic E-state index is 0.0200. The number of benzene rings is 1. The Bertz CT molecular complexity index is 528. The van der Waals surface area contributed by atoms with E-state index in [2.05, 4.69) is 10.6 Å². The summed E-state index contributed by atoms with van der Waals surface area (Å²) in [4.78, 5) is 22.4. The zero-order chi connectivity index (χ0) is 20.3. The van der Waals surface area contributed by atoms with E-state index in [4.69, 9.17) is 23.7 Å². The lowest BCUT2D eigenvalue weighted by molar-refractivity contribution is -0.126. The van der Waals surface area contributed by atoms with E-state index in [1.54, 1.807) is 0 Å². The maximum atomic E-state index is 11.6. The summed E-state index contributed by atoms with van der Waals surface area (Å²) in [5, 5.41) is 5.06. The molecule has 0 aromatic heterocycles. The zero-order valence-corrected chi connectivity index (χ0v) is 16.3. The number of alkyl carbamates (subject to hydrolysis) is 1. The fourth-order valence-electron chi connectivity index (χ4n) is 1.96. The van der Waals surface area contributed by atoms with Gasteiger partial charge in [0.1, 0.15) is 13.2 Å². The molecule has 158 valence electrons. The second-order valence-electron chi connectivity index (χ2n) is 5.55. The molecule has 0 aliphatic rings. The highest BCUT2D eigenvalue weighted by Crippen LogP contribution is 1.99. The number of rotatable bonds is 16. The van der Waals surface area contributed by atoms with Crippen molar-refractivity contribution >= 4 is 12.0 Å². The lowest BCUT2D eigenvalue weighted by atomic mass is 10.2. The van der Waals surface area contributed by atoms with Crippen molar-refractivity contribution in [2.24, 2.45) is 0 Å². The van der Waals surface area contributed by atoms with Crippen LogP contribution in [-0.2, 0) is 35.1 Å². The molecule has 0 saturated heterocycles. The van der Waals surface area contributed by atoms with Crippen LogP contribution in [0.25, 0.3) is 0 Å². The first-order chi connectivity index (χ1) is 13.7. The monoisotopic (exact) mass is 398 g/mol. The fourth-order valence-corrected chi connectivity index (χ4v) is 1.96. The smallest absolute Gasteiger partial charge is 0.406 e. The normalized spacial score (nSPS) is 10.5. The number of nitrogens with one attached hydrogen (secondary N) is 2.